The number of benzene rings is 3. The van der Waals surface area contributed by atoms with Gasteiger partial charge in [0, 0.05) is 23.2 Å². The molecular formula is C23H19F3N5O3+. The van der Waals surface area contributed by atoms with Gasteiger partial charge in [0.2, 0.25) is 11.6 Å². The lowest BCUT2D eigenvalue weighted by molar-refractivity contribution is -0.273. The van der Waals surface area contributed by atoms with Crippen LogP contribution >= 0.6 is 0 Å². The van der Waals surface area contributed by atoms with Crippen LogP contribution in [0.2, 0.25) is 0 Å². The van der Waals surface area contributed by atoms with Gasteiger partial charge in [-0.3, -0.25) is 0 Å². The average molecular weight is 470 g/mol. The highest BCUT2D eigenvalue weighted by molar-refractivity contribution is 5.85. The molecule has 174 valence electrons. The lowest BCUT2D eigenvalue weighted by Gasteiger charge is -2.24. The maximum absolute atomic E-state index is 15.4. The van der Waals surface area contributed by atoms with Crippen molar-refractivity contribution in [1.82, 2.24) is 14.9 Å². The van der Waals surface area contributed by atoms with Crippen LogP contribution in [0.25, 0.3) is 22.0 Å². The Morgan fingerprint density at radius 1 is 1.06 bits per heavy atom. The molecule has 6 N–H and O–H groups in total. The van der Waals surface area contributed by atoms with Crippen LogP contribution in [0, 0.1) is 17.5 Å². The Morgan fingerprint density at radius 3 is 2.65 bits per heavy atom. The zero-order valence-corrected chi connectivity index (χ0v) is 17.5. The number of aromatic nitrogens is 2. The maximum atomic E-state index is 15.4. The monoisotopic (exact) mass is 470 g/mol. The Labute approximate surface area is 190 Å². The summed E-state index contributed by atoms with van der Waals surface area (Å²) in [5, 5.41) is 31.9. The Bertz CT molecular complexity index is 1450. The van der Waals surface area contributed by atoms with E-state index in [2.05, 4.69) is 15.4 Å². The van der Waals surface area contributed by atoms with E-state index in [4.69, 9.17) is 5.73 Å². The molecule has 0 bridgehead atoms. The van der Waals surface area contributed by atoms with Gasteiger partial charge >= 0.3 is 0 Å². The fraction of sp³-hybridized carbons (Fsp3) is 0.130. The molecule has 1 aromatic heterocycles. The number of nitrogens with zero attached hydrogens (tertiary/aromatic N) is 3. The van der Waals surface area contributed by atoms with Gasteiger partial charge in [0.1, 0.15) is 17.3 Å². The second-order valence-electron chi connectivity index (χ2n) is 8.05. The number of nitrogen functional groups attached to an aromatic ring is 1. The summed E-state index contributed by atoms with van der Waals surface area (Å²) in [5.74, 6) is -2.74. The molecule has 1 unspecified atom stereocenters. The summed E-state index contributed by atoms with van der Waals surface area (Å²) in [4.78, 5) is 5.81. The fourth-order valence-electron chi connectivity index (χ4n) is 4.26. The van der Waals surface area contributed by atoms with Crippen LogP contribution in [0.15, 0.2) is 48.7 Å². The van der Waals surface area contributed by atoms with E-state index in [1.165, 1.54) is 24.4 Å². The molecule has 0 aliphatic heterocycles. The summed E-state index contributed by atoms with van der Waals surface area (Å²) in [7, 11) is 0. The quantitative estimate of drug-likeness (QED) is 0.221. The smallest absolute Gasteiger partial charge is 0.233 e. The van der Waals surface area contributed by atoms with Crippen molar-refractivity contribution in [3.63, 3.8) is 0 Å². The van der Waals surface area contributed by atoms with Gasteiger partial charge in [0.15, 0.2) is 5.82 Å². The van der Waals surface area contributed by atoms with Crippen molar-refractivity contribution in [1.29, 1.82) is 0 Å². The predicted molar refractivity (Wildman–Crippen MR) is 118 cm³/mol. The number of hydrogen-bond donors (Lipinski definition) is 5. The van der Waals surface area contributed by atoms with E-state index in [1.54, 1.807) is 0 Å². The number of aliphatic hydroxyl groups is 1. The van der Waals surface area contributed by atoms with E-state index in [0.29, 0.717) is 16.5 Å². The van der Waals surface area contributed by atoms with Gasteiger partial charge in [-0.1, -0.05) is 6.07 Å². The number of hydrogen-bond acceptors (Lipinski definition) is 7. The van der Waals surface area contributed by atoms with Crippen LogP contribution < -0.4 is 16.1 Å². The van der Waals surface area contributed by atoms with Crippen molar-refractivity contribution < 1.29 is 28.7 Å². The minimum absolute atomic E-state index is 0.0557. The molecule has 0 fully saturated rings. The highest BCUT2D eigenvalue weighted by Crippen LogP contribution is 2.40. The van der Waals surface area contributed by atoms with E-state index in [0.717, 1.165) is 24.3 Å². The van der Waals surface area contributed by atoms with Crippen LogP contribution in [-0.2, 0) is 6.42 Å². The first-order valence-corrected chi connectivity index (χ1v) is 10.3. The van der Waals surface area contributed by atoms with Crippen LogP contribution in [0.4, 0.5) is 30.5 Å². The van der Waals surface area contributed by atoms with Gasteiger partial charge in [0.25, 0.3) is 0 Å². The normalized spacial score (nSPS) is 15.5. The van der Waals surface area contributed by atoms with Crippen LogP contribution in [-0.4, -0.2) is 25.5 Å². The van der Waals surface area contributed by atoms with Gasteiger partial charge in [-0.15, -0.1) is 10.4 Å². The number of nitrogens with two attached hydrogens (primary N) is 1. The van der Waals surface area contributed by atoms with E-state index in [-0.39, 0.29) is 35.6 Å². The van der Waals surface area contributed by atoms with Crippen LogP contribution in [0.3, 0.4) is 0 Å². The molecule has 1 heterocycles. The summed E-state index contributed by atoms with van der Waals surface area (Å²) in [6.45, 7) is 0. The van der Waals surface area contributed by atoms with Crippen molar-refractivity contribution >= 4 is 28.2 Å². The topological polar surface area (TPSA) is 125 Å². The van der Waals surface area contributed by atoms with Gasteiger partial charge < -0.3 is 10.8 Å². The second-order valence-corrected chi connectivity index (χ2v) is 8.05. The SMILES string of the molecule is Nc1ncc2cc(-c3c(F)ccc(N[N+](O)(O)c4cc(F)cc5c4CCC5O)c3F)ccc2n1. The lowest BCUT2D eigenvalue weighted by atomic mass is 10.0. The molecule has 0 amide bonds. The molecular weight excluding hydrogens is 451 g/mol. The minimum Gasteiger partial charge on any atom is -0.388 e. The van der Waals surface area contributed by atoms with E-state index in [9.17, 15) is 24.3 Å². The van der Waals surface area contributed by atoms with Crippen molar-refractivity contribution in [2.24, 2.45) is 0 Å². The number of aliphatic hydroxyl groups excluding tert-OH is 1. The van der Waals surface area contributed by atoms with Crippen molar-refractivity contribution in [3.8, 4) is 11.1 Å². The fourth-order valence-corrected chi connectivity index (χ4v) is 4.26. The molecule has 1 aliphatic rings. The summed E-state index contributed by atoms with van der Waals surface area (Å²) in [6, 6.07) is 8.39. The van der Waals surface area contributed by atoms with Gasteiger partial charge in [-0.2, -0.15) is 5.43 Å². The summed E-state index contributed by atoms with van der Waals surface area (Å²) >= 11 is 0. The molecule has 1 atom stereocenters. The highest BCUT2D eigenvalue weighted by atomic mass is 19.1. The Balaban J connectivity index is 1.56. The molecule has 0 spiro atoms. The second kappa shape index (κ2) is 7.92. The van der Waals surface area contributed by atoms with Crippen molar-refractivity contribution in [2.45, 2.75) is 18.9 Å². The number of nitrogens with one attached hydrogen (secondary N) is 1. The third-order valence-corrected chi connectivity index (χ3v) is 5.84. The number of anilines is 2. The van der Waals surface area contributed by atoms with E-state index in [1.807, 2.05) is 0 Å². The maximum Gasteiger partial charge on any atom is 0.233 e. The number of rotatable bonds is 4. The molecule has 4 aromatic rings. The molecule has 0 saturated heterocycles. The number of quaternary nitrogens is 1. The van der Waals surface area contributed by atoms with Crippen LogP contribution in [0.5, 0.6) is 0 Å². The van der Waals surface area contributed by atoms with E-state index < -0.39 is 39.7 Å². The first-order chi connectivity index (χ1) is 16.1. The highest BCUT2D eigenvalue weighted by Gasteiger charge is 2.38. The van der Waals surface area contributed by atoms with E-state index >= 15 is 4.39 Å². The molecule has 11 heteroatoms. The Morgan fingerprint density at radius 2 is 1.85 bits per heavy atom. The average Bonchev–Trinajstić information content (AvgIpc) is 3.15. The molecule has 0 saturated carbocycles. The summed E-state index contributed by atoms with van der Waals surface area (Å²) in [6.07, 6.45) is 1.00. The van der Waals surface area contributed by atoms with Gasteiger partial charge in [0.05, 0.1) is 22.1 Å². The number of halogens is 3. The first-order valence-electron chi connectivity index (χ1n) is 10.3. The van der Waals surface area contributed by atoms with Gasteiger partial charge in [-0.05, 0) is 54.3 Å². The molecule has 34 heavy (non-hydrogen) atoms. The van der Waals surface area contributed by atoms with Gasteiger partial charge in [-0.25, -0.2) is 23.1 Å². The predicted octanol–water partition coefficient (Wildman–Crippen LogP) is 4.39. The molecule has 8 nitrogen and oxygen atoms in total. The lowest BCUT2D eigenvalue weighted by Crippen LogP contribution is -2.48. The molecule has 1 aliphatic carbocycles. The molecule has 5 rings (SSSR count). The largest absolute Gasteiger partial charge is 0.388 e. The molecule has 3 aromatic carbocycles. The summed E-state index contributed by atoms with van der Waals surface area (Å²) in [5.41, 5.74) is 7.72. The Kier molecular flexibility index (Phi) is 5.14. The van der Waals surface area contributed by atoms with Crippen LogP contribution in [0.1, 0.15) is 23.7 Å². The van der Waals surface area contributed by atoms with Crippen molar-refractivity contribution in [2.75, 3.05) is 11.2 Å². The summed E-state index contributed by atoms with van der Waals surface area (Å²) < 4.78 is 44.3. The zero-order chi connectivity index (χ0) is 24.2. The Hall–Kier alpha value is -3.77. The minimum atomic E-state index is -2.11. The standard InChI is InChI=1S/C23H19F3N5O3/c24-13-8-15-14(2-6-20(15)32)19(9-13)31(33,34)30-18-5-3-16(25)21(22(18)26)11-1-4-17-12(7-11)10-28-23(27)29-17/h1,3-5,7-10,20,30,32-34H,2,6H2,(H2,27,28,29)/q+1. The first kappa shape index (κ1) is 22.0. The molecule has 0 radical (unpaired) electrons. The third-order valence-electron chi connectivity index (χ3n) is 5.84. The number of fused-ring (bicyclic) bond motifs is 2. The van der Waals surface area contributed by atoms with Crippen molar-refractivity contribution in [3.05, 3.63) is 77.2 Å². The third kappa shape index (κ3) is 3.70. The zero-order valence-electron chi connectivity index (χ0n) is 17.5.